The Balaban J connectivity index is 1.38. The van der Waals surface area contributed by atoms with E-state index in [1.54, 1.807) is 4.90 Å². The molecule has 1 heterocycles. The van der Waals surface area contributed by atoms with E-state index in [1.807, 2.05) is 67.6 Å². The number of nitrogens with zero attached hydrogens (tertiary/aromatic N) is 1. The number of hydrogen-bond acceptors (Lipinski definition) is 2. The molecule has 1 aliphatic heterocycles. The number of amides is 2. The summed E-state index contributed by atoms with van der Waals surface area (Å²) in [6.07, 6.45) is 1.07. The van der Waals surface area contributed by atoms with Crippen LogP contribution in [0.1, 0.15) is 35.4 Å². The van der Waals surface area contributed by atoms with Gasteiger partial charge in [-0.2, -0.15) is 0 Å². The summed E-state index contributed by atoms with van der Waals surface area (Å²) >= 11 is 0. The van der Waals surface area contributed by atoms with Crippen LogP contribution in [-0.4, -0.2) is 24.9 Å². The molecule has 0 radical (unpaired) electrons. The van der Waals surface area contributed by atoms with E-state index in [-0.39, 0.29) is 30.1 Å². The number of carbonyl (C=O) groups excluding carboxylic acids is 2. The number of aryl methyl sites for hydroxylation is 1. The summed E-state index contributed by atoms with van der Waals surface area (Å²) in [5.41, 5.74) is 4.43. The fourth-order valence-corrected chi connectivity index (χ4v) is 4.36. The predicted octanol–water partition coefficient (Wildman–Crippen LogP) is 4.69. The number of hydrogen-bond donors (Lipinski definition) is 1. The van der Waals surface area contributed by atoms with Gasteiger partial charge in [-0.05, 0) is 36.1 Å². The molecule has 31 heavy (non-hydrogen) atoms. The van der Waals surface area contributed by atoms with Crippen molar-refractivity contribution in [2.75, 3.05) is 18.0 Å². The van der Waals surface area contributed by atoms with Crippen molar-refractivity contribution in [3.05, 3.63) is 102 Å². The number of para-hydroxylation sites is 1. The molecule has 4 rings (SSSR count). The van der Waals surface area contributed by atoms with E-state index in [9.17, 15) is 9.59 Å². The molecule has 1 fully saturated rings. The summed E-state index contributed by atoms with van der Waals surface area (Å²) in [5.74, 6) is -0.111. The van der Waals surface area contributed by atoms with Crippen molar-refractivity contribution in [2.24, 2.45) is 5.92 Å². The molecule has 1 N–H and O–H groups in total. The quantitative estimate of drug-likeness (QED) is 0.612. The average Bonchev–Trinajstić information content (AvgIpc) is 3.19. The lowest BCUT2D eigenvalue weighted by Crippen LogP contribution is -2.34. The van der Waals surface area contributed by atoms with Gasteiger partial charge in [0.15, 0.2) is 0 Å². The molecule has 3 aromatic carbocycles. The Morgan fingerprint density at radius 3 is 2.13 bits per heavy atom. The number of anilines is 1. The third-order valence-corrected chi connectivity index (χ3v) is 6.04. The summed E-state index contributed by atoms with van der Waals surface area (Å²) in [5, 5.41) is 3.08. The SMILES string of the molecule is Cc1ccccc1N1C[C@H](C(=O)NCCC(c2ccccc2)c2ccccc2)CC1=O. The number of nitrogens with one attached hydrogen (secondary N) is 1. The Bertz CT molecular complexity index is 994. The van der Waals surface area contributed by atoms with Crippen LogP contribution in [0.15, 0.2) is 84.9 Å². The van der Waals surface area contributed by atoms with Crippen LogP contribution in [0.5, 0.6) is 0 Å². The molecule has 4 nitrogen and oxygen atoms in total. The number of benzene rings is 3. The molecular weight excluding hydrogens is 384 g/mol. The summed E-state index contributed by atoms with van der Waals surface area (Å²) in [6.45, 7) is 3.00. The van der Waals surface area contributed by atoms with Crippen molar-refractivity contribution in [1.29, 1.82) is 0 Å². The first-order valence-corrected chi connectivity index (χ1v) is 10.9. The van der Waals surface area contributed by atoms with E-state index in [4.69, 9.17) is 0 Å². The Morgan fingerprint density at radius 1 is 0.935 bits per heavy atom. The van der Waals surface area contributed by atoms with Gasteiger partial charge in [0.05, 0.1) is 5.92 Å². The van der Waals surface area contributed by atoms with Gasteiger partial charge in [-0.3, -0.25) is 9.59 Å². The number of carbonyl (C=O) groups is 2. The highest BCUT2D eigenvalue weighted by molar-refractivity contribution is 6.00. The second-order valence-electron chi connectivity index (χ2n) is 8.15. The van der Waals surface area contributed by atoms with Gasteiger partial charge in [-0.1, -0.05) is 78.9 Å². The summed E-state index contributed by atoms with van der Waals surface area (Å²) in [4.78, 5) is 27.1. The predicted molar refractivity (Wildman–Crippen MR) is 124 cm³/mol. The van der Waals surface area contributed by atoms with Crippen LogP contribution in [0, 0.1) is 12.8 Å². The maximum atomic E-state index is 12.8. The summed E-state index contributed by atoms with van der Waals surface area (Å²) in [6, 6.07) is 28.6. The monoisotopic (exact) mass is 412 g/mol. The molecule has 0 aromatic heterocycles. The lowest BCUT2D eigenvalue weighted by Gasteiger charge is -2.20. The lowest BCUT2D eigenvalue weighted by atomic mass is 9.88. The molecule has 1 aliphatic rings. The second kappa shape index (κ2) is 9.61. The Kier molecular flexibility index (Phi) is 6.46. The molecule has 2 amide bonds. The van der Waals surface area contributed by atoms with Gasteiger partial charge >= 0.3 is 0 Å². The highest BCUT2D eigenvalue weighted by Gasteiger charge is 2.35. The van der Waals surface area contributed by atoms with Crippen LogP contribution in [0.4, 0.5) is 5.69 Å². The molecule has 3 aromatic rings. The first-order chi connectivity index (χ1) is 15.1. The molecule has 0 saturated carbocycles. The van der Waals surface area contributed by atoms with Gasteiger partial charge in [-0.15, -0.1) is 0 Å². The fraction of sp³-hybridized carbons (Fsp3) is 0.259. The Morgan fingerprint density at radius 2 is 1.52 bits per heavy atom. The highest BCUT2D eigenvalue weighted by Crippen LogP contribution is 2.29. The zero-order chi connectivity index (χ0) is 21.6. The molecule has 1 saturated heterocycles. The first kappa shape index (κ1) is 20.9. The molecule has 0 spiro atoms. The molecule has 0 aliphatic carbocycles. The maximum Gasteiger partial charge on any atom is 0.227 e. The molecule has 4 heteroatoms. The van der Waals surface area contributed by atoms with Gasteiger partial charge in [0.1, 0.15) is 0 Å². The largest absolute Gasteiger partial charge is 0.356 e. The van der Waals surface area contributed by atoms with Crippen LogP contribution in [0.3, 0.4) is 0 Å². The normalized spacial score (nSPS) is 16.0. The smallest absolute Gasteiger partial charge is 0.227 e. The van der Waals surface area contributed by atoms with Crippen LogP contribution in [0.25, 0.3) is 0 Å². The first-order valence-electron chi connectivity index (χ1n) is 10.9. The van der Waals surface area contributed by atoms with Gasteiger partial charge in [0.25, 0.3) is 0 Å². The van der Waals surface area contributed by atoms with Crippen LogP contribution in [0.2, 0.25) is 0 Å². The standard InChI is InChI=1S/C27H28N2O2/c1-20-10-8-9-15-25(20)29-19-23(18-26(29)30)27(31)28-17-16-24(21-11-4-2-5-12-21)22-13-6-3-7-14-22/h2-15,23-24H,16-19H2,1H3,(H,28,31)/t23-/m1/s1. The molecular formula is C27H28N2O2. The van der Waals surface area contributed by atoms with Crippen molar-refractivity contribution in [2.45, 2.75) is 25.7 Å². The summed E-state index contributed by atoms with van der Waals surface area (Å²) in [7, 11) is 0. The van der Waals surface area contributed by atoms with E-state index >= 15 is 0 Å². The maximum absolute atomic E-state index is 12.8. The van der Waals surface area contributed by atoms with Gasteiger partial charge < -0.3 is 10.2 Å². The molecule has 1 atom stereocenters. The Labute approximate surface area is 183 Å². The van der Waals surface area contributed by atoms with Gasteiger partial charge in [-0.25, -0.2) is 0 Å². The van der Waals surface area contributed by atoms with E-state index in [0.29, 0.717) is 13.1 Å². The lowest BCUT2D eigenvalue weighted by molar-refractivity contribution is -0.126. The zero-order valence-electron chi connectivity index (χ0n) is 17.8. The minimum Gasteiger partial charge on any atom is -0.356 e. The zero-order valence-corrected chi connectivity index (χ0v) is 17.8. The van der Waals surface area contributed by atoms with Crippen LogP contribution < -0.4 is 10.2 Å². The minimum atomic E-state index is -0.306. The van der Waals surface area contributed by atoms with E-state index in [0.717, 1.165) is 17.7 Å². The third kappa shape index (κ3) is 4.85. The van der Waals surface area contributed by atoms with Crippen molar-refractivity contribution in [3.63, 3.8) is 0 Å². The minimum absolute atomic E-state index is 0.0147. The van der Waals surface area contributed by atoms with Gasteiger partial charge in [0, 0.05) is 31.1 Å². The van der Waals surface area contributed by atoms with Crippen LogP contribution >= 0.6 is 0 Å². The van der Waals surface area contributed by atoms with Crippen molar-refractivity contribution in [3.8, 4) is 0 Å². The van der Waals surface area contributed by atoms with E-state index in [2.05, 4.69) is 29.6 Å². The topological polar surface area (TPSA) is 49.4 Å². The molecule has 0 unspecified atom stereocenters. The highest BCUT2D eigenvalue weighted by atomic mass is 16.2. The van der Waals surface area contributed by atoms with E-state index in [1.165, 1.54) is 11.1 Å². The third-order valence-electron chi connectivity index (χ3n) is 6.04. The van der Waals surface area contributed by atoms with Crippen LogP contribution in [-0.2, 0) is 9.59 Å². The second-order valence-corrected chi connectivity index (χ2v) is 8.15. The average molecular weight is 413 g/mol. The fourth-order valence-electron chi connectivity index (χ4n) is 4.36. The van der Waals surface area contributed by atoms with Gasteiger partial charge in [0.2, 0.25) is 11.8 Å². The molecule has 0 bridgehead atoms. The summed E-state index contributed by atoms with van der Waals surface area (Å²) < 4.78 is 0. The number of rotatable bonds is 7. The van der Waals surface area contributed by atoms with Crippen molar-refractivity contribution in [1.82, 2.24) is 5.32 Å². The van der Waals surface area contributed by atoms with Crippen molar-refractivity contribution >= 4 is 17.5 Å². The van der Waals surface area contributed by atoms with Crippen molar-refractivity contribution < 1.29 is 9.59 Å². The molecule has 158 valence electrons. The van der Waals surface area contributed by atoms with E-state index < -0.39 is 0 Å². The Hall–Kier alpha value is -3.40.